The van der Waals surface area contributed by atoms with Gasteiger partial charge in [0.1, 0.15) is 11.8 Å². The summed E-state index contributed by atoms with van der Waals surface area (Å²) in [7, 11) is 0. The Morgan fingerprint density at radius 2 is 2.00 bits per heavy atom. The number of hydrogen-bond donors (Lipinski definition) is 1. The monoisotopic (exact) mass is 452 g/mol. The Morgan fingerprint density at radius 1 is 1.25 bits per heavy atom. The molecule has 0 saturated carbocycles. The van der Waals surface area contributed by atoms with Crippen LogP contribution in [0.5, 0.6) is 5.75 Å². The van der Waals surface area contributed by atoms with Crippen molar-refractivity contribution in [2.24, 2.45) is 0 Å². The summed E-state index contributed by atoms with van der Waals surface area (Å²) in [6.07, 6.45) is 2.89. The number of likely N-dealkylation sites (tertiary alicyclic amines) is 1. The number of alkyl halides is 3. The van der Waals surface area contributed by atoms with Gasteiger partial charge in [-0.05, 0) is 31.0 Å². The molecular weight excluding hydrogens is 425 g/mol. The molecule has 1 aromatic heterocycles. The highest BCUT2D eigenvalue weighted by atomic mass is 19.4. The van der Waals surface area contributed by atoms with Crippen LogP contribution in [0.15, 0.2) is 22.7 Å². The summed E-state index contributed by atoms with van der Waals surface area (Å²) in [5, 5.41) is 23.0. The first-order valence-corrected chi connectivity index (χ1v) is 10.9. The molecule has 10 heteroatoms. The zero-order chi connectivity index (χ0) is 23.1. The van der Waals surface area contributed by atoms with Gasteiger partial charge in [-0.2, -0.15) is 23.4 Å². The number of halogens is 3. The predicted octanol–water partition coefficient (Wildman–Crippen LogP) is 5.08. The second-order valence-corrected chi connectivity index (χ2v) is 7.88. The third-order valence-electron chi connectivity index (χ3n) is 5.49. The molecule has 2 aromatic rings. The van der Waals surface area contributed by atoms with E-state index in [1.54, 1.807) is 0 Å². The van der Waals surface area contributed by atoms with E-state index in [0.717, 1.165) is 38.2 Å². The Labute approximate surface area is 184 Å². The van der Waals surface area contributed by atoms with Gasteiger partial charge in [0.25, 0.3) is 5.89 Å². The predicted molar refractivity (Wildman–Crippen MR) is 109 cm³/mol. The number of ether oxygens (including phenoxy) is 1. The Hall–Kier alpha value is -2.80. The fourth-order valence-corrected chi connectivity index (χ4v) is 3.74. The van der Waals surface area contributed by atoms with Gasteiger partial charge < -0.3 is 14.4 Å². The minimum atomic E-state index is -4.61. The number of nitrogens with zero attached hydrogens (tertiary/aromatic N) is 4. The molecule has 1 aliphatic rings. The van der Waals surface area contributed by atoms with Crippen LogP contribution >= 0.6 is 0 Å². The normalized spacial score (nSPS) is 18.7. The van der Waals surface area contributed by atoms with Gasteiger partial charge in [-0.25, -0.2) is 0 Å². The zero-order valence-corrected chi connectivity index (χ0v) is 17.9. The quantitative estimate of drug-likeness (QED) is 0.397. The molecule has 0 bridgehead atoms. The topological polar surface area (TPSA) is 95.4 Å². The van der Waals surface area contributed by atoms with Crippen LogP contribution < -0.4 is 4.74 Å². The lowest BCUT2D eigenvalue weighted by molar-refractivity contribution is -0.138. The molecule has 0 aliphatic carbocycles. The van der Waals surface area contributed by atoms with Gasteiger partial charge in [0, 0.05) is 12.1 Å². The average Bonchev–Trinajstić information content (AvgIpc) is 3.38. The van der Waals surface area contributed by atoms with Gasteiger partial charge >= 0.3 is 6.18 Å². The maximum absolute atomic E-state index is 13.6. The molecule has 0 amide bonds. The van der Waals surface area contributed by atoms with Crippen molar-refractivity contribution in [2.75, 3.05) is 13.2 Å². The number of aliphatic hydroxyl groups is 1. The highest BCUT2D eigenvalue weighted by molar-refractivity contribution is 5.59. The van der Waals surface area contributed by atoms with Crippen molar-refractivity contribution in [3.05, 3.63) is 29.7 Å². The van der Waals surface area contributed by atoms with Gasteiger partial charge in [-0.1, -0.05) is 44.2 Å². The number of aliphatic hydroxyl groups excluding tert-OH is 1. The van der Waals surface area contributed by atoms with Crippen molar-refractivity contribution in [3.8, 4) is 23.3 Å². The molecule has 1 aromatic carbocycles. The van der Waals surface area contributed by atoms with E-state index in [0.29, 0.717) is 19.4 Å². The first kappa shape index (κ1) is 23.9. The molecular formula is C22H27F3N4O3. The van der Waals surface area contributed by atoms with Crippen LogP contribution in [-0.2, 0) is 6.18 Å². The van der Waals surface area contributed by atoms with Crippen molar-refractivity contribution in [3.63, 3.8) is 0 Å². The largest absolute Gasteiger partial charge is 0.493 e. The highest BCUT2D eigenvalue weighted by Gasteiger charge is 2.39. The molecule has 1 fully saturated rings. The summed E-state index contributed by atoms with van der Waals surface area (Å²) in [6.45, 7) is 2.67. The first-order valence-electron chi connectivity index (χ1n) is 10.9. The van der Waals surface area contributed by atoms with Crippen LogP contribution in [0.2, 0.25) is 0 Å². The number of unbranched alkanes of at least 4 members (excludes halogenated alkanes) is 5. The molecule has 1 N–H and O–H groups in total. The van der Waals surface area contributed by atoms with Crippen molar-refractivity contribution in [2.45, 2.75) is 70.2 Å². The lowest BCUT2D eigenvalue weighted by Crippen LogP contribution is -2.23. The van der Waals surface area contributed by atoms with Crippen molar-refractivity contribution >= 4 is 0 Å². The molecule has 0 unspecified atom stereocenters. The van der Waals surface area contributed by atoms with E-state index in [4.69, 9.17) is 9.26 Å². The van der Waals surface area contributed by atoms with E-state index in [1.165, 1.54) is 17.0 Å². The molecule has 1 saturated heterocycles. The standard InChI is InChI=1S/C22H27F3N4O3/c1-2-3-4-5-6-7-12-31-18-9-8-15(13-16(18)22(23,24)25)20-27-21(32-28-20)19-17(30)10-11-29(19)14-26/h8-9,13,17,19,30H,2-7,10-12H2,1H3/t17-,19-/m0/s1. The number of nitriles is 1. The second kappa shape index (κ2) is 10.7. The van der Waals surface area contributed by atoms with Gasteiger partial charge in [0.05, 0.1) is 18.3 Å². The third-order valence-corrected chi connectivity index (χ3v) is 5.49. The Balaban J connectivity index is 1.72. The average molecular weight is 452 g/mol. The zero-order valence-electron chi connectivity index (χ0n) is 17.9. The first-order chi connectivity index (χ1) is 15.3. The van der Waals surface area contributed by atoms with Crippen LogP contribution in [-0.4, -0.2) is 39.4 Å². The molecule has 7 nitrogen and oxygen atoms in total. The maximum Gasteiger partial charge on any atom is 0.419 e. The minimum absolute atomic E-state index is 0.0106. The molecule has 0 radical (unpaired) electrons. The van der Waals surface area contributed by atoms with E-state index in [1.807, 2.05) is 6.19 Å². The highest BCUT2D eigenvalue weighted by Crippen LogP contribution is 2.39. The fourth-order valence-electron chi connectivity index (χ4n) is 3.74. The third kappa shape index (κ3) is 5.71. The molecule has 2 atom stereocenters. The van der Waals surface area contributed by atoms with Crippen molar-refractivity contribution < 1.29 is 27.5 Å². The van der Waals surface area contributed by atoms with Crippen LogP contribution in [0.25, 0.3) is 11.4 Å². The fraction of sp³-hybridized carbons (Fsp3) is 0.591. The second-order valence-electron chi connectivity index (χ2n) is 7.88. The lowest BCUT2D eigenvalue weighted by Gasteiger charge is -2.16. The molecule has 3 rings (SSSR count). The minimum Gasteiger partial charge on any atom is -0.493 e. The SMILES string of the molecule is CCCCCCCCOc1ccc(-c2noc([C@@H]3[C@@H](O)CCN3C#N)n2)cc1C(F)(F)F. The summed E-state index contributed by atoms with van der Waals surface area (Å²) >= 11 is 0. The number of hydrogen-bond acceptors (Lipinski definition) is 7. The molecule has 1 aliphatic heterocycles. The van der Waals surface area contributed by atoms with E-state index in [2.05, 4.69) is 17.1 Å². The van der Waals surface area contributed by atoms with E-state index < -0.39 is 23.9 Å². The van der Waals surface area contributed by atoms with Gasteiger partial charge in [0.2, 0.25) is 5.82 Å². The van der Waals surface area contributed by atoms with Crippen LogP contribution in [0.1, 0.15) is 69.4 Å². The number of aromatic nitrogens is 2. The smallest absolute Gasteiger partial charge is 0.419 e. The summed E-state index contributed by atoms with van der Waals surface area (Å²) in [5.74, 6) is -0.297. The van der Waals surface area contributed by atoms with Gasteiger partial charge in [-0.15, -0.1) is 0 Å². The summed E-state index contributed by atoms with van der Waals surface area (Å²) in [4.78, 5) is 5.44. The lowest BCUT2D eigenvalue weighted by atomic mass is 10.1. The van der Waals surface area contributed by atoms with Crippen LogP contribution in [0.4, 0.5) is 13.2 Å². The Morgan fingerprint density at radius 3 is 2.72 bits per heavy atom. The molecule has 2 heterocycles. The number of rotatable bonds is 10. The number of benzene rings is 1. The van der Waals surface area contributed by atoms with E-state index >= 15 is 0 Å². The van der Waals surface area contributed by atoms with Crippen LogP contribution in [0, 0.1) is 11.5 Å². The Bertz CT molecular complexity index is 926. The van der Waals surface area contributed by atoms with Crippen molar-refractivity contribution in [1.82, 2.24) is 15.0 Å². The molecule has 32 heavy (non-hydrogen) atoms. The summed E-state index contributed by atoms with van der Waals surface area (Å²) < 4.78 is 51.5. The Kier molecular flexibility index (Phi) is 7.96. The molecule has 174 valence electrons. The van der Waals surface area contributed by atoms with E-state index in [9.17, 15) is 23.5 Å². The van der Waals surface area contributed by atoms with Gasteiger partial charge in [-0.3, -0.25) is 4.90 Å². The van der Waals surface area contributed by atoms with Gasteiger partial charge in [0.15, 0.2) is 6.19 Å². The summed E-state index contributed by atoms with van der Waals surface area (Å²) in [6, 6.07) is 2.83. The molecule has 0 spiro atoms. The van der Waals surface area contributed by atoms with Crippen LogP contribution in [0.3, 0.4) is 0 Å². The summed E-state index contributed by atoms with van der Waals surface area (Å²) in [5.41, 5.74) is -0.804. The van der Waals surface area contributed by atoms with E-state index in [-0.39, 0.29) is 29.6 Å². The maximum atomic E-state index is 13.6. The van der Waals surface area contributed by atoms with Crippen molar-refractivity contribution in [1.29, 1.82) is 5.26 Å².